The summed E-state index contributed by atoms with van der Waals surface area (Å²) < 4.78 is 5.51. The summed E-state index contributed by atoms with van der Waals surface area (Å²) in [5, 5.41) is 2.80. The molecule has 0 aromatic heterocycles. The predicted octanol–water partition coefficient (Wildman–Crippen LogP) is 1.71. The first-order valence-corrected chi connectivity index (χ1v) is 8.26. The fourth-order valence-electron chi connectivity index (χ4n) is 2.69. The first-order valence-electron chi connectivity index (χ1n) is 8.26. The van der Waals surface area contributed by atoms with E-state index in [4.69, 9.17) is 4.74 Å². The first-order chi connectivity index (χ1) is 10.1. The molecule has 0 bridgehead atoms. The first kappa shape index (κ1) is 16.3. The van der Waals surface area contributed by atoms with E-state index in [9.17, 15) is 9.59 Å². The highest BCUT2D eigenvalue weighted by Crippen LogP contribution is 2.29. The summed E-state index contributed by atoms with van der Waals surface area (Å²) in [6.45, 7) is 5.81. The van der Waals surface area contributed by atoms with Gasteiger partial charge in [0.05, 0.1) is 6.61 Å². The molecule has 0 aromatic carbocycles. The van der Waals surface area contributed by atoms with Gasteiger partial charge in [-0.3, -0.25) is 9.59 Å². The van der Waals surface area contributed by atoms with Gasteiger partial charge in [0.25, 0.3) is 0 Å². The van der Waals surface area contributed by atoms with Gasteiger partial charge in [-0.05, 0) is 51.9 Å². The molecule has 1 N–H and O–H groups in total. The van der Waals surface area contributed by atoms with Gasteiger partial charge in [-0.2, -0.15) is 0 Å². The van der Waals surface area contributed by atoms with Gasteiger partial charge in [0, 0.05) is 25.6 Å². The number of likely N-dealkylation sites (tertiary alicyclic amines) is 1. The van der Waals surface area contributed by atoms with Crippen molar-refractivity contribution < 1.29 is 14.3 Å². The number of amides is 2. The monoisotopic (exact) mass is 296 g/mol. The number of rotatable bonds is 7. The Morgan fingerprint density at radius 2 is 2.05 bits per heavy atom. The number of nitrogens with one attached hydrogen (secondary N) is 1. The molecule has 2 amide bonds. The number of ether oxygens (including phenoxy) is 1. The van der Waals surface area contributed by atoms with Crippen LogP contribution in [0.4, 0.5) is 0 Å². The van der Waals surface area contributed by atoms with Crippen molar-refractivity contribution in [3.63, 3.8) is 0 Å². The van der Waals surface area contributed by atoms with Crippen molar-refractivity contribution in [2.24, 2.45) is 5.92 Å². The molecule has 0 unspecified atom stereocenters. The Morgan fingerprint density at radius 3 is 2.71 bits per heavy atom. The van der Waals surface area contributed by atoms with E-state index in [1.54, 1.807) is 6.92 Å². The van der Waals surface area contributed by atoms with Crippen molar-refractivity contribution in [2.75, 3.05) is 19.7 Å². The zero-order chi connectivity index (χ0) is 15.2. The van der Waals surface area contributed by atoms with Gasteiger partial charge in [-0.15, -0.1) is 0 Å². The third-order valence-electron chi connectivity index (χ3n) is 4.41. The molecular weight excluding hydrogens is 268 g/mol. The predicted molar refractivity (Wildman–Crippen MR) is 80.8 cm³/mol. The lowest BCUT2D eigenvalue weighted by molar-refractivity contribution is -0.135. The van der Waals surface area contributed by atoms with Crippen LogP contribution in [-0.2, 0) is 14.3 Å². The number of carbonyl (C=O) groups is 2. The van der Waals surface area contributed by atoms with Crippen LogP contribution in [0.5, 0.6) is 0 Å². The van der Waals surface area contributed by atoms with E-state index in [2.05, 4.69) is 12.2 Å². The maximum absolute atomic E-state index is 12.1. The molecule has 21 heavy (non-hydrogen) atoms. The Balaban J connectivity index is 1.60. The molecule has 2 aliphatic rings. The molecule has 1 aliphatic carbocycles. The normalized spacial score (nSPS) is 23.7. The van der Waals surface area contributed by atoms with Gasteiger partial charge in [0.1, 0.15) is 6.10 Å². The highest BCUT2D eigenvalue weighted by molar-refractivity contribution is 5.81. The summed E-state index contributed by atoms with van der Waals surface area (Å²) >= 11 is 0. The fraction of sp³-hybridized carbons (Fsp3) is 0.875. The fourth-order valence-corrected chi connectivity index (χ4v) is 2.69. The zero-order valence-electron chi connectivity index (χ0n) is 13.3. The summed E-state index contributed by atoms with van der Waals surface area (Å²) in [5.74, 6) is 0.687. The van der Waals surface area contributed by atoms with Gasteiger partial charge in [0.15, 0.2) is 0 Å². The molecule has 2 fully saturated rings. The summed E-state index contributed by atoms with van der Waals surface area (Å²) in [4.78, 5) is 25.9. The second-order valence-electron chi connectivity index (χ2n) is 6.39. The minimum Gasteiger partial charge on any atom is -0.368 e. The Hall–Kier alpha value is -1.10. The summed E-state index contributed by atoms with van der Waals surface area (Å²) in [6, 6.07) is 0.336. The van der Waals surface area contributed by atoms with Gasteiger partial charge in [-0.1, -0.05) is 0 Å². The van der Waals surface area contributed by atoms with Crippen molar-refractivity contribution in [1.29, 1.82) is 0 Å². The topological polar surface area (TPSA) is 58.6 Å². The molecular formula is C16H28N2O3. The van der Waals surface area contributed by atoms with Crippen molar-refractivity contribution in [1.82, 2.24) is 10.2 Å². The maximum atomic E-state index is 12.1. The number of hydrogen-bond donors (Lipinski definition) is 1. The molecule has 0 aromatic rings. The molecule has 1 heterocycles. The van der Waals surface area contributed by atoms with Crippen molar-refractivity contribution in [3.8, 4) is 0 Å². The quantitative estimate of drug-likeness (QED) is 0.778. The Morgan fingerprint density at radius 1 is 1.29 bits per heavy atom. The van der Waals surface area contributed by atoms with E-state index in [1.807, 2.05) is 4.90 Å². The third kappa shape index (κ3) is 5.30. The standard InChI is InChI=1S/C16H28N2O3/c1-12-5-3-4-10-18(12)15(19)8-9-17-16(20)13(2)21-11-14-6-7-14/h12-14H,3-11H2,1-2H3,(H,17,20)/t12-,13+/m0/s1. The maximum Gasteiger partial charge on any atom is 0.248 e. The molecule has 1 aliphatic heterocycles. The van der Waals surface area contributed by atoms with E-state index >= 15 is 0 Å². The van der Waals surface area contributed by atoms with Gasteiger partial charge >= 0.3 is 0 Å². The highest BCUT2D eigenvalue weighted by Gasteiger charge is 2.25. The van der Waals surface area contributed by atoms with Gasteiger partial charge in [-0.25, -0.2) is 0 Å². The Bertz CT molecular complexity index is 369. The Kier molecular flexibility index (Phi) is 6.03. The smallest absolute Gasteiger partial charge is 0.248 e. The van der Waals surface area contributed by atoms with Crippen LogP contribution >= 0.6 is 0 Å². The summed E-state index contributed by atoms with van der Waals surface area (Å²) in [6.07, 6.45) is 5.78. The van der Waals surface area contributed by atoms with Crippen LogP contribution in [0, 0.1) is 5.92 Å². The number of piperidine rings is 1. The molecule has 0 spiro atoms. The zero-order valence-corrected chi connectivity index (χ0v) is 13.3. The van der Waals surface area contributed by atoms with E-state index in [0.717, 1.165) is 19.4 Å². The molecule has 0 radical (unpaired) electrons. The number of nitrogens with zero attached hydrogens (tertiary/aromatic N) is 1. The van der Waals surface area contributed by atoms with Crippen LogP contribution < -0.4 is 5.32 Å². The lowest BCUT2D eigenvalue weighted by atomic mass is 10.0. The summed E-state index contributed by atoms with van der Waals surface area (Å²) in [5.41, 5.74) is 0. The molecule has 5 heteroatoms. The minimum absolute atomic E-state index is 0.116. The van der Waals surface area contributed by atoms with Gasteiger partial charge in [0.2, 0.25) is 11.8 Å². The second-order valence-corrected chi connectivity index (χ2v) is 6.39. The van der Waals surface area contributed by atoms with Crippen LogP contribution in [0.25, 0.3) is 0 Å². The molecule has 2 atom stereocenters. The molecule has 1 saturated carbocycles. The highest BCUT2D eigenvalue weighted by atomic mass is 16.5. The average molecular weight is 296 g/mol. The minimum atomic E-state index is -0.422. The van der Waals surface area contributed by atoms with Crippen LogP contribution in [-0.4, -0.2) is 48.6 Å². The van der Waals surface area contributed by atoms with Crippen molar-refractivity contribution >= 4 is 11.8 Å². The lowest BCUT2D eigenvalue weighted by Gasteiger charge is -2.33. The molecule has 5 nitrogen and oxygen atoms in total. The van der Waals surface area contributed by atoms with E-state index in [-0.39, 0.29) is 11.8 Å². The third-order valence-corrected chi connectivity index (χ3v) is 4.41. The van der Waals surface area contributed by atoms with Crippen molar-refractivity contribution in [2.45, 2.75) is 64.5 Å². The SMILES string of the molecule is C[C@@H](OCC1CC1)C(=O)NCCC(=O)N1CCCC[C@@H]1C. The van der Waals surface area contributed by atoms with Crippen LogP contribution in [0.3, 0.4) is 0 Å². The van der Waals surface area contributed by atoms with Crippen molar-refractivity contribution in [3.05, 3.63) is 0 Å². The van der Waals surface area contributed by atoms with E-state index in [0.29, 0.717) is 31.5 Å². The average Bonchev–Trinajstić information content (AvgIpc) is 3.29. The second kappa shape index (κ2) is 7.78. The molecule has 2 rings (SSSR count). The molecule has 1 saturated heterocycles. The molecule has 120 valence electrons. The van der Waals surface area contributed by atoms with E-state index < -0.39 is 6.10 Å². The number of hydrogen-bond acceptors (Lipinski definition) is 3. The summed E-state index contributed by atoms with van der Waals surface area (Å²) in [7, 11) is 0. The van der Waals surface area contributed by atoms with Crippen LogP contribution in [0.15, 0.2) is 0 Å². The van der Waals surface area contributed by atoms with Crippen LogP contribution in [0.1, 0.15) is 52.4 Å². The lowest BCUT2D eigenvalue weighted by Crippen LogP contribution is -2.44. The van der Waals surface area contributed by atoms with E-state index in [1.165, 1.54) is 19.3 Å². The largest absolute Gasteiger partial charge is 0.368 e. The van der Waals surface area contributed by atoms with Gasteiger partial charge < -0.3 is 15.0 Å². The number of carbonyl (C=O) groups excluding carboxylic acids is 2. The van der Waals surface area contributed by atoms with Crippen LogP contribution in [0.2, 0.25) is 0 Å². The Labute approximate surface area is 127 Å².